The molecule has 22 heavy (non-hydrogen) atoms. The van der Waals surface area contributed by atoms with Gasteiger partial charge in [-0.15, -0.1) is 0 Å². The highest BCUT2D eigenvalue weighted by atomic mass is 16.5. The quantitative estimate of drug-likeness (QED) is 0.908. The highest BCUT2D eigenvalue weighted by Crippen LogP contribution is 2.26. The van der Waals surface area contributed by atoms with Crippen LogP contribution in [-0.2, 0) is 17.6 Å². The summed E-state index contributed by atoms with van der Waals surface area (Å²) in [4.78, 5) is 14.2. The van der Waals surface area contributed by atoms with E-state index in [4.69, 9.17) is 4.74 Å². The van der Waals surface area contributed by atoms with Gasteiger partial charge in [-0.2, -0.15) is 0 Å². The minimum Gasteiger partial charge on any atom is -0.381 e. The fourth-order valence-corrected chi connectivity index (χ4v) is 3.58. The highest BCUT2D eigenvalue weighted by molar-refractivity contribution is 5.74. The van der Waals surface area contributed by atoms with E-state index in [0.29, 0.717) is 11.8 Å². The van der Waals surface area contributed by atoms with E-state index < -0.39 is 0 Å². The van der Waals surface area contributed by atoms with Gasteiger partial charge >= 0.3 is 6.03 Å². The molecular weight excluding hydrogens is 276 g/mol. The molecular formula is C18H26N2O2. The molecule has 0 bridgehead atoms. The van der Waals surface area contributed by atoms with E-state index in [2.05, 4.69) is 29.6 Å². The summed E-state index contributed by atoms with van der Waals surface area (Å²) in [7, 11) is 0. The fourth-order valence-electron chi connectivity index (χ4n) is 3.58. The largest absolute Gasteiger partial charge is 0.381 e. The van der Waals surface area contributed by atoms with Crippen LogP contribution in [-0.4, -0.2) is 43.8 Å². The maximum atomic E-state index is 12.3. The number of rotatable bonds is 5. The van der Waals surface area contributed by atoms with Gasteiger partial charge in [0.05, 0.1) is 6.61 Å². The van der Waals surface area contributed by atoms with Crippen LogP contribution >= 0.6 is 0 Å². The molecule has 4 nitrogen and oxygen atoms in total. The number of likely N-dealkylation sites (tertiary alicyclic amines) is 1. The Bertz CT molecular complexity index is 493. The van der Waals surface area contributed by atoms with Crippen LogP contribution in [0, 0.1) is 11.8 Å². The van der Waals surface area contributed by atoms with Gasteiger partial charge in [-0.1, -0.05) is 24.3 Å². The lowest BCUT2D eigenvalue weighted by molar-refractivity contribution is 0.113. The van der Waals surface area contributed by atoms with Crippen molar-refractivity contribution >= 4 is 6.03 Å². The maximum Gasteiger partial charge on any atom is 0.317 e. The Morgan fingerprint density at radius 1 is 1.27 bits per heavy atom. The van der Waals surface area contributed by atoms with Crippen LogP contribution in [0.2, 0.25) is 0 Å². The molecule has 1 aromatic carbocycles. The van der Waals surface area contributed by atoms with Crippen LogP contribution in [0.15, 0.2) is 24.3 Å². The summed E-state index contributed by atoms with van der Waals surface area (Å²) in [5, 5.41) is 3.12. The van der Waals surface area contributed by atoms with Crippen LogP contribution in [0.3, 0.4) is 0 Å². The number of amides is 2. The summed E-state index contributed by atoms with van der Waals surface area (Å²) < 4.78 is 5.46. The lowest BCUT2D eigenvalue weighted by Gasteiger charge is -2.19. The van der Waals surface area contributed by atoms with Gasteiger partial charge in [-0.05, 0) is 43.2 Å². The van der Waals surface area contributed by atoms with Crippen molar-refractivity contribution in [2.45, 2.75) is 26.2 Å². The molecule has 1 aromatic rings. The molecule has 1 atom stereocenters. The summed E-state index contributed by atoms with van der Waals surface area (Å²) in [5.74, 6) is 1.05. The normalized spacial score (nSPS) is 21.1. The molecule has 1 saturated heterocycles. The number of urea groups is 1. The van der Waals surface area contributed by atoms with Gasteiger partial charge in [-0.3, -0.25) is 0 Å². The molecule has 1 heterocycles. The average molecular weight is 302 g/mol. The van der Waals surface area contributed by atoms with Crippen LogP contribution in [0.5, 0.6) is 0 Å². The Kier molecular flexibility index (Phi) is 4.98. The first-order chi connectivity index (χ1) is 10.8. The first-order valence-electron chi connectivity index (χ1n) is 8.43. The summed E-state index contributed by atoms with van der Waals surface area (Å²) in [5.41, 5.74) is 2.89. The van der Waals surface area contributed by atoms with Crippen molar-refractivity contribution < 1.29 is 9.53 Å². The second-order valence-electron chi connectivity index (χ2n) is 6.49. The third-order valence-electron chi connectivity index (χ3n) is 4.81. The van der Waals surface area contributed by atoms with Crippen molar-refractivity contribution in [3.05, 3.63) is 35.4 Å². The SMILES string of the molecule is CCOCC1CCN(C(=O)NCC2Cc3ccccc3C2)C1. The zero-order valence-electron chi connectivity index (χ0n) is 13.4. The number of hydrogen-bond acceptors (Lipinski definition) is 2. The number of fused-ring (bicyclic) bond motifs is 1. The van der Waals surface area contributed by atoms with Crippen LogP contribution in [0.25, 0.3) is 0 Å². The minimum absolute atomic E-state index is 0.0926. The summed E-state index contributed by atoms with van der Waals surface area (Å²) in [6.45, 7) is 6.01. The van der Waals surface area contributed by atoms with Crippen LogP contribution < -0.4 is 5.32 Å². The number of nitrogens with zero attached hydrogens (tertiary/aromatic N) is 1. The smallest absolute Gasteiger partial charge is 0.317 e. The summed E-state index contributed by atoms with van der Waals surface area (Å²) in [6.07, 6.45) is 3.23. The molecule has 0 saturated carbocycles. The monoisotopic (exact) mass is 302 g/mol. The molecule has 2 amide bonds. The number of benzene rings is 1. The summed E-state index contributed by atoms with van der Waals surface area (Å²) >= 11 is 0. The molecule has 0 radical (unpaired) electrons. The Morgan fingerprint density at radius 3 is 2.68 bits per heavy atom. The third-order valence-corrected chi connectivity index (χ3v) is 4.81. The molecule has 2 aliphatic rings. The third kappa shape index (κ3) is 3.61. The number of ether oxygens (including phenoxy) is 1. The molecule has 1 N–H and O–H groups in total. The predicted octanol–water partition coefficient (Wildman–Crippen LogP) is 2.47. The Morgan fingerprint density at radius 2 is 2.00 bits per heavy atom. The van der Waals surface area contributed by atoms with E-state index in [1.807, 2.05) is 11.8 Å². The lowest BCUT2D eigenvalue weighted by Crippen LogP contribution is -2.41. The average Bonchev–Trinajstić information content (AvgIpc) is 3.16. The summed E-state index contributed by atoms with van der Waals surface area (Å²) in [6, 6.07) is 8.70. The van der Waals surface area contributed by atoms with Crippen LogP contribution in [0.4, 0.5) is 4.79 Å². The topological polar surface area (TPSA) is 41.6 Å². The molecule has 3 rings (SSSR count). The van der Waals surface area contributed by atoms with Gasteiger partial charge in [0.15, 0.2) is 0 Å². The van der Waals surface area contributed by atoms with E-state index in [-0.39, 0.29) is 6.03 Å². The van der Waals surface area contributed by atoms with Crippen molar-refractivity contribution in [3.63, 3.8) is 0 Å². The predicted molar refractivity (Wildman–Crippen MR) is 86.9 cm³/mol. The minimum atomic E-state index is 0.0926. The molecule has 0 spiro atoms. The van der Waals surface area contributed by atoms with E-state index >= 15 is 0 Å². The second-order valence-corrected chi connectivity index (χ2v) is 6.49. The van der Waals surface area contributed by atoms with Crippen molar-refractivity contribution in [2.24, 2.45) is 11.8 Å². The highest BCUT2D eigenvalue weighted by Gasteiger charge is 2.27. The molecule has 1 aliphatic heterocycles. The van der Waals surface area contributed by atoms with E-state index in [0.717, 1.165) is 52.1 Å². The molecule has 1 fully saturated rings. The fraction of sp³-hybridized carbons (Fsp3) is 0.611. The van der Waals surface area contributed by atoms with Crippen molar-refractivity contribution in [2.75, 3.05) is 32.8 Å². The Labute approximate surface area is 132 Å². The van der Waals surface area contributed by atoms with Gasteiger partial charge in [-0.25, -0.2) is 4.79 Å². The van der Waals surface area contributed by atoms with Crippen molar-refractivity contribution in [1.29, 1.82) is 0 Å². The number of carbonyl (C=O) groups is 1. The maximum absolute atomic E-state index is 12.3. The number of hydrogen-bond donors (Lipinski definition) is 1. The molecule has 1 unspecified atom stereocenters. The van der Waals surface area contributed by atoms with Crippen molar-refractivity contribution in [1.82, 2.24) is 10.2 Å². The van der Waals surface area contributed by atoms with Gasteiger partial charge in [0.1, 0.15) is 0 Å². The van der Waals surface area contributed by atoms with Gasteiger partial charge in [0.2, 0.25) is 0 Å². The molecule has 1 aliphatic carbocycles. The van der Waals surface area contributed by atoms with Gasteiger partial charge in [0, 0.05) is 32.2 Å². The Balaban J connectivity index is 1.41. The standard InChI is InChI=1S/C18H26N2O2/c1-2-22-13-14-7-8-20(12-14)18(21)19-11-15-9-16-5-3-4-6-17(16)10-15/h3-6,14-15H,2,7-13H2,1H3,(H,19,21). The number of carbonyl (C=O) groups excluding carboxylic acids is 1. The molecule has 120 valence electrons. The first-order valence-corrected chi connectivity index (χ1v) is 8.43. The second kappa shape index (κ2) is 7.14. The Hall–Kier alpha value is -1.55. The zero-order valence-corrected chi connectivity index (χ0v) is 13.4. The number of nitrogens with one attached hydrogen (secondary N) is 1. The van der Waals surface area contributed by atoms with Gasteiger partial charge < -0.3 is 15.0 Å². The van der Waals surface area contributed by atoms with E-state index in [1.54, 1.807) is 0 Å². The molecule has 4 heteroatoms. The first kappa shape index (κ1) is 15.3. The zero-order chi connectivity index (χ0) is 15.4. The lowest BCUT2D eigenvalue weighted by atomic mass is 10.1. The van der Waals surface area contributed by atoms with E-state index in [1.165, 1.54) is 11.1 Å². The molecule has 0 aromatic heterocycles. The van der Waals surface area contributed by atoms with Gasteiger partial charge in [0.25, 0.3) is 0 Å². The van der Waals surface area contributed by atoms with E-state index in [9.17, 15) is 4.79 Å². The van der Waals surface area contributed by atoms with Crippen LogP contribution in [0.1, 0.15) is 24.5 Å². The van der Waals surface area contributed by atoms with Crippen molar-refractivity contribution in [3.8, 4) is 0 Å².